The molecule has 31 heavy (non-hydrogen) atoms. The summed E-state index contributed by atoms with van der Waals surface area (Å²) in [4.78, 5) is 13.9. The van der Waals surface area contributed by atoms with Gasteiger partial charge in [0.2, 0.25) is 0 Å². The van der Waals surface area contributed by atoms with E-state index < -0.39 is 9.84 Å². The highest BCUT2D eigenvalue weighted by Gasteiger charge is 2.31. The number of hydrogen-bond acceptors (Lipinski definition) is 5. The smallest absolute Gasteiger partial charge is 0.256 e. The Hall–Kier alpha value is -2.29. The zero-order valence-corrected chi connectivity index (χ0v) is 19.3. The van der Waals surface area contributed by atoms with Crippen LogP contribution in [0.4, 0.5) is 5.82 Å². The van der Waals surface area contributed by atoms with Crippen LogP contribution in [0, 0.1) is 6.92 Å². The van der Waals surface area contributed by atoms with Gasteiger partial charge in [-0.25, -0.2) is 13.1 Å². The summed E-state index contributed by atoms with van der Waals surface area (Å²) in [5, 5.41) is 8.00. The van der Waals surface area contributed by atoms with Gasteiger partial charge in [0.05, 0.1) is 23.2 Å². The molecule has 4 rings (SSSR count). The average molecular weight is 476 g/mol. The van der Waals surface area contributed by atoms with Crippen LogP contribution in [0.5, 0.6) is 0 Å². The quantitative estimate of drug-likeness (QED) is 0.520. The minimum Gasteiger partial charge on any atom is -0.307 e. The molecule has 1 saturated heterocycles. The van der Waals surface area contributed by atoms with Gasteiger partial charge in [0.15, 0.2) is 9.84 Å². The molecule has 1 aliphatic heterocycles. The third-order valence-corrected chi connectivity index (χ3v) is 8.17. The predicted octanol–water partition coefficient (Wildman–Crippen LogP) is 4.75. The molecule has 1 aromatic heterocycles. The lowest BCUT2D eigenvalue weighted by Gasteiger charge is -2.14. The number of carbonyl (C=O) groups excluding carboxylic acids is 1. The van der Waals surface area contributed by atoms with Crippen molar-refractivity contribution in [2.75, 3.05) is 16.8 Å². The SMILES string of the molecule is Cc1cc(NC(=O)c2ccc(CSc3ccc(Cl)cc3)cc2)n(C2CCS(=O)(=O)C2)n1. The number of carbonyl (C=O) groups is 1. The van der Waals surface area contributed by atoms with E-state index in [1.807, 2.05) is 43.3 Å². The number of thioether (sulfide) groups is 1. The van der Waals surface area contributed by atoms with Crippen LogP contribution in [0.1, 0.15) is 34.1 Å². The second-order valence-electron chi connectivity index (χ2n) is 7.57. The van der Waals surface area contributed by atoms with Crippen LogP contribution in [-0.4, -0.2) is 35.6 Å². The van der Waals surface area contributed by atoms with Crippen LogP contribution in [0.15, 0.2) is 59.5 Å². The zero-order chi connectivity index (χ0) is 22.0. The summed E-state index contributed by atoms with van der Waals surface area (Å²) in [6, 6.07) is 16.7. The number of amides is 1. The van der Waals surface area contributed by atoms with Gasteiger partial charge in [0, 0.05) is 27.3 Å². The number of anilines is 1. The molecule has 162 valence electrons. The lowest BCUT2D eigenvalue weighted by atomic mass is 10.1. The molecule has 1 aliphatic rings. The summed E-state index contributed by atoms with van der Waals surface area (Å²) in [5.41, 5.74) is 2.37. The van der Waals surface area contributed by atoms with Crippen LogP contribution in [0.3, 0.4) is 0 Å². The van der Waals surface area contributed by atoms with Gasteiger partial charge >= 0.3 is 0 Å². The fourth-order valence-electron chi connectivity index (χ4n) is 3.49. The third-order valence-electron chi connectivity index (χ3n) is 5.09. The number of aryl methyl sites for hydroxylation is 1. The molecule has 1 atom stereocenters. The summed E-state index contributed by atoms with van der Waals surface area (Å²) in [7, 11) is -3.05. The van der Waals surface area contributed by atoms with Crippen LogP contribution < -0.4 is 5.32 Å². The Bertz CT molecular complexity index is 1190. The van der Waals surface area contributed by atoms with Gasteiger partial charge in [-0.2, -0.15) is 5.10 Å². The van der Waals surface area contributed by atoms with E-state index >= 15 is 0 Å². The van der Waals surface area contributed by atoms with Gasteiger partial charge < -0.3 is 5.32 Å². The Morgan fingerprint density at radius 1 is 1.19 bits per heavy atom. The van der Waals surface area contributed by atoms with Gasteiger partial charge in [-0.15, -0.1) is 11.8 Å². The van der Waals surface area contributed by atoms with Crippen molar-refractivity contribution in [3.8, 4) is 0 Å². The molecule has 1 fully saturated rings. The second-order valence-corrected chi connectivity index (χ2v) is 11.3. The maximum absolute atomic E-state index is 12.8. The molecule has 1 amide bonds. The van der Waals surface area contributed by atoms with Crippen molar-refractivity contribution in [1.82, 2.24) is 9.78 Å². The van der Waals surface area contributed by atoms with Crippen molar-refractivity contribution in [2.24, 2.45) is 0 Å². The van der Waals surface area contributed by atoms with Crippen molar-refractivity contribution in [1.29, 1.82) is 0 Å². The molecule has 2 aromatic carbocycles. The van der Waals surface area contributed by atoms with Crippen LogP contribution in [0.2, 0.25) is 5.02 Å². The molecule has 0 radical (unpaired) electrons. The standard InChI is InChI=1S/C22H22ClN3O3S2/c1-15-12-21(26(25-15)19-10-11-31(28,29)14-19)24-22(27)17-4-2-16(3-5-17)13-30-20-8-6-18(23)7-9-20/h2-9,12,19H,10-11,13-14H2,1H3,(H,24,27). The number of benzene rings is 2. The topological polar surface area (TPSA) is 81.1 Å². The largest absolute Gasteiger partial charge is 0.307 e. The van der Waals surface area contributed by atoms with E-state index in [-0.39, 0.29) is 23.5 Å². The molecule has 0 saturated carbocycles. The maximum atomic E-state index is 12.8. The first kappa shape index (κ1) is 21.9. The molecule has 0 spiro atoms. The van der Waals surface area contributed by atoms with E-state index in [1.165, 1.54) is 0 Å². The van der Waals surface area contributed by atoms with Crippen molar-refractivity contribution >= 4 is 44.9 Å². The maximum Gasteiger partial charge on any atom is 0.256 e. The summed E-state index contributed by atoms with van der Waals surface area (Å²) in [6.45, 7) is 1.82. The molecule has 0 aliphatic carbocycles. The van der Waals surface area contributed by atoms with E-state index in [0.717, 1.165) is 21.9 Å². The van der Waals surface area contributed by atoms with E-state index in [2.05, 4.69) is 10.4 Å². The summed E-state index contributed by atoms with van der Waals surface area (Å²) in [6.07, 6.45) is 0.506. The highest BCUT2D eigenvalue weighted by Crippen LogP contribution is 2.28. The second kappa shape index (κ2) is 9.06. The summed E-state index contributed by atoms with van der Waals surface area (Å²) < 4.78 is 25.3. The highest BCUT2D eigenvalue weighted by molar-refractivity contribution is 7.98. The minimum absolute atomic E-state index is 0.0526. The van der Waals surface area contributed by atoms with Gasteiger partial charge in [0.25, 0.3) is 5.91 Å². The van der Waals surface area contributed by atoms with Crippen LogP contribution in [0.25, 0.3) is 0 Å². The Labute approximate surface area is 190 Å². The number of rotatable bonds is 6. The average Bonchev–Trinajstić information content (AvgIpc) is 3.29. The number of sulfone groups is 1. The van der Waals surface area contributed by atoms with Gasteiger partial charge in [0.1, 0.15) is 5.82 Å². The van der Waals surface area contributed by atoms with Gasteiger partial charge in [-0.3, -0.25) is 4.79 Å². The van der Waals surface area contributed by atoms with Crippen LogP contribution >= 0.6 is 23.4 Å². The van der Waals surface area contributed by atoms with Gasteiger partial charge in [-0.1, -0.05) is 23.7 Å². The van der Waals surface area contributed by atoms with Crippen molar-refractivity contribution < 1.29 is 13.2 Å². The first-order valence-electron chi connectivity index (χ1n) is 9.84. The Morgan fingerprint density at radius 2 is 1.90 bits per heavy atom. The first-order chi connectivity index (χ1) is 14.8. The van der Waals surface area contributed by atoms with E-state index in [1.54, 1.807) is 34.6 Å². The monoisotopic (exact) mass is 475 g/mol. The number of nitrogens with one attached hydrogen (secondary N) is 1. The Balaban J connectivity index is 1.41. The fraction of sp³-hybridized carbons (Fsp3) is 0.273. The molecule has 3 aromatic rings. The summed E-state index contributed by atoms with van der Waals surface area (Å²) in [5.74, 6) is 1.26. The van der Waals surface area contributed by atoms with E-state index in [9.17, 15) is 13.2 Å². The summed E-state index contributed by atoms with van der Waals surface area (Å²) >= 11 is 7.61. The lowest BCUT2D eigenvalue weighted by molar-refractivity contribution is 0.102. The van der Waals surface area contributed by atoms with Crippen molar-refractivity contribution in [3.63, 3.8) is 0 Å². The number of nitrogens with zero attached hydrogens (tertiary/aromatic N) is 2. The molecular weight excluding hydrogens is 454 g/mol. The van der Waals surface area contributed by atoms with E-state index in [4.69, 9.17) is 11.6 Å². The van der Waals surface area contributed by atoms with Gasteiger partial charge in [-0.05, 0) is 55.3 Å². The molecule has 6 nitrogen and oxygen atoms in total. The Morgan fingerprint density at radius 3 is 2.55 bits per heavy atom. The van der Waals surface area contributed by atoms with Crippen LogP contribution in [-0.2, 0) is 15.6 Å². The molecule has 2 heterocycles. The molecule has 1 N–H and O–H groups in total. The normalized spacial score (nSPS) is 17.5. The number of hydrogen-bond donors (Lipinski definition) is 1. The molecule has 9 heteroatoms. The molecule has 0 bridgehead atoms. The highest BCUT2D eigenvalue weighted by atomic mass is 35.5. The van der Waals surface area contributed by atoms with E-state index in [0.29, 0.717) is 22.8 Å². The number of aromatic nitrogens is 2. The Kier molecular flexibility index (Phi) is 6.41. The lowest BCUT2D eigenvalue weighted by Crippen LogP contribution is -2.19. The number of halogens is 1. The third kappa shape index (κ3) is 5.50. The van der Waals surface area contributed by atoms with Crippen molar-refractivity contribution in [3.05, 3.63) is 76.4 Å². The molecular formula is C22H22ClN3O3S2. The molecule has 1 unspecified atom stereocenters. The predicted molar refractivity (Wildman–Crippen MR) is 125 cm³/mol. The zero-order valence-electron chi connectivity index (χ0n) is 16.9. The fourth-order valence-corrected chi connectivity index (χ4v) is 6.17. The minimum atomic E-state index is -3.05. The first-order valence-corrected chi connectivity index (χ1v) is 13.0. The van der Waals surface area contributed by atoms with Crippen molar-refractivity contribution in [2.45, 2.75) is 30.0 Å².